The molecule has 0 aliphatic carbocycles. The molecule has 0 fully saturated rings. The van der Waals surface area contributed by atoms with Crippen LogP contribution in [0.1, 0.15) is 72.1 Å². The molecular weight excluding hydrogens is 274 g/mol. The Morgan fingerprint density at radius 2 is 1.36 bits per heavy atom. The van der Waals surface area contributed by atoms with Gasteiger partial charge in [0.25, 0.3) is 0 Å². The van der Waals surface area contributed by atoms with Gasteiger partial charge in [-0.25, -0.2) is 0 Å². The van der Waals surface area contributed by atoms with Crippen LogP contribution in [0.15, 0.2) is 24.3 Å². The molecule has 0 saturated carbocycles. The number of carboxylic acid groups (broad SMARTS) is 1. The van der Waals surface area contributed by atoms with Gasteiger partial charge in [0.2, 0.25) is 0 Å². The highest BCUT2D eigenvalue weighted by atomic mass is 16.4. The zero-order chi connectivity index (χ0) is 16.6. The Hall–Kier alpha value is -1.09. The molecule has 0 amide bonds. The molecule has 0 aromatic rings. The molecule has 0 saturated heterocycles. The van der Waals surface area contributed by atoms with Crippen LogP contribution in [0.3, 0.4) is 0 Å². The lowest BCUT2D eigenvalue weighted by Crippen LogP contribution is -2.40. The van der Waals surface area contributed by atoms with E-state index in [1.807, 2.05) is 0 Å². The van der Waals surface area contributed by atoms with Gasteiger partial charge < -0.3 is 5.11 Å². The largest absolute Gasteiger partial charge is 0.480 e. The maximum absolute atomic E-state index is 11.2. The van der Waals surface area contributed by atoms with Gasteiger partial charge in [-0.2, -0.15) is 0 Å². The summed E-state index contributed by atoms with van der Waals surface area (Å²) in [6.07, 6.45) is 17.7. The second-order valence-corrected chi connectivity index (χ2v) is 5.80. The number of aliphatic carboxylic acids is 1. The molecule has 0 bridgehead atoms. The maximum Gasteiger partial charge on any atom is 0.320 e. The summed E-state index contributed by atoms with van der Waals surface area (Å²) in [7, 11) is 0. The first-order valence-corrected chi connectivity index (χ1v) is 8.90. The van der Waals surface area contributed by atoms with Crippen molar-refractivity contribution < 1.29 is 9.90 Å². The topological polar surface area (TPSA) is 40.5 Å². The summed E-state index contributed by atoms with van der Waals surface area (Å²) in [6, 6.07) is -0.377. The quantitative estimate of drug-likeness (QED) is 0.361. The van der Waals surface area contributed by atoms with Crippen molar-refractivity contribution in [2.24, 2.45) is 0 Å². The van der Waals surface area contributed by atoms with Crippen LogP contribution in [0.2, 0.25) is 0 Å². The fourth-order valence-corrected chi connectivity index (χ4v) is 2.38. The van der Waals surface area contributed by atoms with Crippen LogP contribution in [-0.2, 0) is 4.79 Å². The Morgan fingerprint density at radius 3 is 1.73 bits per heavy atom. The minimum absolute atomic E-state index is 0.377. The summed E-state index contributed by atoms with van der Waals surface area (Å²) in [5.41, 5.74) is 0. The summed E-state index contributed by atoms with van der Waals surface area (Å²) in [4.78, 5) is 13.3. The van der Waals surface area contributed by atoms with Crippen LogP contribution in [0.5, 0.6) is 0 Å². The van der Waals surface area contributed by atoms with Crippen LogP contribution >= 0.6 is 0 Å². The Bertz CT molecular complexity index is 301. The van der Waals surface area contributed by atoms with Crippen molar-refractivity contribution in [1.29, 1.82) is 0 Å². The number of carbonyl (C=O) groups is 1. The molecule has 1 N–H and O–H groups in total. The van der Waals surface area contributed by atoms with E-state index in [4.69, 9.17) is 0 Å². The summed E-state index contributed by atoms with van der Waals surface area (Å²) in [6.45, 7) is 7.86. The molecular formula is C19H35NO2. The lowest BCUT2D eigenvalue weighted by Gasteiger charge is -2.26. The van der Waals surface area contributed by atoms with E-state index in [1.54, 1.807) is 6.92 Å². The standard InChI is InChI=1S/C19H35NO2/c1-4-6-8-10-12-14-16-20(18(3)19(21)22)17-15-13-11-9-7-5-2/h6-9,18H,4-5,10-17H2,1-3H3,(H,21,22)/b8-6+,9-7+. The third kappa shape index (κ3) is 11.6. The van der Waals surface area contributed by atoms with Crippen LogP contribution in [0, 0.1) is 0 Å². The van der Waals surface area contributed by atoms with E-state index in [0.29, 0.717) is 0 Å². The van der Waals surface area contributed by atoms with Crippen molar-refractivity contribution in [2.75, 3.05) is 13.1 Å². The monoisotopic (exact) mass is 309 g/mol. The zero-order valence-corrected chi connectivity index (χ0v) is 14.8. The fraction of sp³-hybridized carbons (Fsp3) is 0.737. The molecule has 1 unspecified atom stereocenters. The number of allylic oxidation sites excluding steroid dienone is 4. The molecule has 0 aliphatic heterocycles. The van der Waals surface area contributed by atoms with E-state index in [-0.39, 0.29) is 6.04 Å². The van der Waals surface area contributed by atoms with Gasteiger partial charge in [0.1, 0.15) is 6.04 Å². The van der Waals surface area contributed by atoms with Gasteiger partial charge >= 0.3 is 5.97 Å². The molecule has 128 valence electrons. The normalized spacial score (nSPS) is 13.5. The molecule has 0 aromatic heterocycles. The number of nitrogens with zero attached hydrogens (tertiary/aromatic N) is 1. The Kier molecular flexibility index (Phi) is 14.1. The Labute approximate surface area is 137 Å². The van der Waals surface area contributed by atoms with Crippen LogP contribution in [0.25, 0.3) is 0 Å². The summed E-state index contributed by atoms with van der Waals surface area (Å²) >= 11 is 0. The van der Waals surface area contributed by atoms with E-state index < -0.39 is 5.97 Å². The third-order valence-corrected chi connectivity index (χ3v) is 3.84. The first-order chi connectivity index (χ1) is 10.6. The van der Waals surface area contributed by atoms with Crippen molar-refractivity contribution in [2.45, 2.75) is 78.2 Å². The number of carboxylic acids is 1. The SMILES string of the molecule is CC/C=C/CCCCN(CCCC/C=C/CC)C(C)C(=O)O. The minimum atomic E-state index is -0.711. The second-order valence-electron chi connectivity index (χ2n) is 5.80. The molecule has 0 rings (SSSR count). The third-order valence-electron chi connectivity index (χ3n) is 3.84. The van der Waals surface area contributed by atoms with Gasteiger partial charge in [-0.3, -0.25) is 9.69 Å². The molecule has 0 aromatic carbocycles. The van der Waals surface area contributed by atoms with Gasteiger partial charge in [0, 0.05) is 0 Å². The molecule has 22 heavy (non-hydrogen) atoms. The Balaban J connectivity index is 4.02. The van der Waals surface area contributed by atoms with E-state index in [2.05, 4.69) is 43.1 Å². The Morgan fingerprint density at radius 1 is 0.909 bits per heavy atom. The first kappa shape index (κ1) is 20.9. The molecule has 0 spiro atoms. The predicted molar refractivity (Wildman–Crippen MR) is 95.2 cm³/mol. The predicted octanol–water partition coefficient (Wildman–Crippen LogP) is 5.03. The van der Waals surface area contributed by atoms with E-state index in [9.17, 15) is 9.90 Å². The van der Waals surface area contributed by atoms with Gasteiger partial charge in [-0.1, -0.05) is 38.2 Å². The number of hydrogen-bond donors (Lipinski definition) is 1. The minimum Gasteiger partial charge on any atom is -0.480 e. The van der Waals surface area contributed by atoms with Gasteiger partial charge in [-0.15, -0.1) is 0 Å². The average Bonchev–Trinajstić information content (AvgIpc) is 2.51. The van der Waals surface area contributed by atoms with Crippen molar-refractivity contribution in [3.63, 3.8) is 0 Å². The van der Waals surface area contributed by atoms with E-state index in [1.165, 1.54) is 0 Å². The van der Waals surface area contributed by atoms with Crippen molar-refractivity contribution in [3.8, 4) is 0 Å². The van der Waals surface area contributed by atoms with Gasteiger partial charge in [-0.05, 0) is 71.4 Å². The second kappa shape index (κ2) is 14.8. The lowest BCUT2D eigenvalue weighted by molar-refractivity contribution is -0.142. The first-order valence-electron chi connectivity index (χ1n) is 8.90. The summed E-state index contributed by atoms with van der Waals surface area (Å²) < 4.78 is 0. The fourth-order valence-electron chi connectivity index (χ4n) is 2.38. The van der Waals surface area contributed by atoms with Crippen molar-refractivity contribution >= 4 is 5.97 Å². The van der Waals surface area contributed by atoms with Gasteiger partial charge in [0.15, 0.2) is 0 Å². The average molecular weight is 309 g/mol. The molecule has 1 atom stereocenters. The molecule has 3 nitrogen and oxygen atoms in total. The van der Waals surface area contributed by atoms with E-state index in [0.717, 1.165) is 64.5 Å². The molecule has 0 aliphatic rings. The number of hydrogen-bond acceptors (Lipinski definition) is 2. The van der Waals surface area contributed by atoms with Crippen LogP contribution < -0.4 is 0 Å². The van der Waals surface area contributed by atoms with Gasteiger partial charge in [0.05, 0.1) is 0 Å². The van der Waals surface area contributed by atoms with Crippen molar-refractivity contribution in [1.82, 2.24) is 4.90 Å². The number of rotatable bonds is 14. The van der Waals surface area contributed by atoms with Crippen LogP contribution in [0.4, 0.5) is 0 Å². The molecule has 0 radical (unpaired) electrons. The smallest absolute Gasteiger partial charge is 0.320 e. The number of unbranched alkanes of at least 4 members (excludes halogenated alkanes) is 4. The van der Waals surface area contributed by atoms with Crippen molar-refractivity contribution in [3.05, 3.63) is 24.3 Å². The zero-order valence-electron chi connectivity index (χ0n) is 14.8. The summed E-state index contributed by atoms with van der Waals surface area (Å²) in [5.74, 6) is -0.711. The molecule has 0 heterocycles. The maximum atomic E-state index is 11.2. The molecule has 3 heteroatoms. The van der Waals surface area contributed by atoms with Crippen LogP contribution in [-0.4, -0.2) is 35.1 Å². The lowest BCUT2D eigenvalue weighted by atomic mass is 10.1. The highest BCUT2D eigenvalue weighted by Gasteiger charge is 2.19. The highest BCUT2D eigenvalue weighted by molar-refractivity contribution is 5.72. The van der Waals surface area contributed by atoms with E-state index >= 15 is 0 Å². The summed E-state index contributed by atoms with van der Waals surface area (Å²) in [5, 5.41) is 9.23. The highest BCUT2D eigenvalue weighted by Crippen LogP contribution is 2.08.